The molecule has 0 aliphatic carbocycles. The fourth-order valence-electron chi connectivity index (χ4n) is 1.70. The van der Waals surface area contributed by atoms with E-state index in [0.29, 0.717) is 11.3 Å². The molecule has 2 aromatic rings. The first-order valence-electron chi connectivity index (χ1n) is 5.86. The van der Waals surface area contributed by atoms with Crippen molar-refractivity contribution in [2.24, 2.45) is 0 Å². The number of hydrogen-bond donors (Lipinski definition) is 2. The van der Waals surface area contributed by atoms with Gasteiger partial charge in [-0.1, -0.05) is 12.0 Å². The van der Waals surface area contributed by atoms with Gasteiger partial charge < -0.3 is 14.9 Å². The molecule has 0 bridgehead atoms. The summed E-state index contributed by atoms with van der Waals surface area (Å²) in [5, 5.41) is 18.0. The molecule has 21 heavy (non-hydrogen) atoms. The highest BCUT2D eigenvalue weighted by molar-refractivity contribution is 5.96. The van der Waals surface area contributed by atoms with Crippen molar-refractivity contribution < 1.29 is 24.5 Å². The van der Waals surface area contributed by atoms with E-state index >= 15 is 0 Å². The first-order valence-corrected chi connectivity index (χ1v) is 5.86. The fourth-order valence-corrected chi connectivity index (χ4v) is 1.70. The second kappa shape index (κ2) is 5.80. The van der Waals surface area contributed by atoms with Gasteiger partial charge in [-0.15, -0.1) is 6.42 Å². The van der Waals surface area contributed by atoms with Crippen LogP contribution in [0.2, 0.25) is 0 Å². The predicted octanol–water partition coefficient (Wildman–Crippen LogP) is 2.86. The zero-order valence-electron chi connectivity index (χ0n) is 10.7. The number of carboxylic acids is 2. The van der Waals surface area contributed by atoms with Crippen LogP contribution in [0, 0.1) is 12.3 Å². The zero-order valence-corrected chi connectivity index (χ0v) is 10.7. The highest BCUT2D eigenvalue weighted by Crippen LogP contribution is 2.27. The van der Waals surface area contributed by atoms with Crippen LogP contribution in [0.15, 0.2) is 42.5 Å². The second-order valence-electron chi connectivity index (χ2n) is 4.10. The van der Waals surface area contributed by atoms with Gasteiger partial charge in [0.05, 0.1) is 5.56 Å². The lowest BCUT2D eigenvalue weighted by Crippen LogP contribution is -2.04. The molecule has 2 aromatic carbocycles. The molecule has 2 N–H and O–H groups in total. The Balaban J connectivity index is 2.41. The SMILES string of the molecule is C#Cc1cccc(Oc2ccc(C(=O)O)cc2C(=O)O)c1. The van der Waals surface area contributed by atoms with Crippen molar-refractivity contribution in [2.45, 2.75) is 0 Å². The summed E-state index contributed by atoms with van der Waals surface area (Å²) in [4.78, 5) is 22.1. The molecule has 0 amide bonds. The first-order chi connectivity index (χ1) is 10.0. The summed E-state index contributed by atoms with van der Waals surface area (Å²) in [6.07, 6.45) is 5.28. The summed E-state index contributed by atoms with van der Waals surface area (Å²) in [6.45, 7) is 0. The summed E-state index contributed by atoms with van der Waals surface area (Å²) in [7, 11) is 0. The number of hydrogen-bond acceptors (Lipinski definition) is 3. The molecule has 104 valence electrons. The minimum atomic E-state index is -1.28. The zero-order chi connectivity index (χ0) is 15.4. The number of carbonyl (C=O) groups is 2. The van der Waals surface area contributed by atoms with Crippen LogP contribution >= 0.6 is 0 Å². The van der Waals surface area contributed by atoms with E-state index in [1.807, 2.05) is 0 Å². The Hall–Kier alpha value is -3.26. The molecule has 0 atom stereocenters. The van der Waals surface area contributed by atoms with Crippen LogP contribution in [0.25, 0.3) is 0 Å². The maximum atomic E-state index is 11.2. The fraction of sp³-hybridized carbons (Fsp3) is 0. The molecular weight excluding hydrogens is 272 g/mol. The van der Waals surface area contributed by atoms with Crippen LogP contribution < -0.4 is 4.74 Å². The van der Waals surface area contributed by atoms with E-state index in [1.54, 1.807) is 24.3 Å². The monoisotopic (exact) mass is 282 g/mol. The molecule has 0 aliphatic rings. The van der Waals surface area contributed by atoms with Crippen molar-refractivity contribution in [1.82, 2.24) is 0 Å². The summed E-state index contributed by atoms with van der Waals surface area (Å²) in [5.74, 6) is 0.369. The molecule has 0 radical (unpaired) electrons. The van der Waals surface area contributed by atoms with E-state index < -0.39 is 11.9 Å². The van der Waals surface area contributed by atoms with E-state index in [1.165, 1.54) is 12.1 Å². The average molecular weight is 282 g/mol. The molecular formula is C16H10O5. The molecule has 5 nitrogen and oxygen atoms in total. The van der Waals surface area contributed by atoms with Gasteiger partial charge in [0.1, 0.15) is 17.1 Å². The van der Waals surface area contributed by atoms with Gasteiger partial charge in [0.2, 0.25) is 0 Å². The lowest BCUT2D eigenvalue weighted by Gasteiger charge is -2.09. The van der Waals surface area contributed by atoms with Crippen molar-refractivity contribution in [2.75, 3.05) is 0 Å². The molecule has 0 spiro atoms. The lowest BCUT2D eigenvalue weighted by molar-refractivity contribution is 0.0694. The molecule has 0 unspecified atom stereocenters. The minimum absolute atomic E-state index is 0.0432. The molecule has 0 heterocycles. The summed E-state index contributed by atoms with van der Waals surface area (Å²) >= 11 is 0. The Kier molecular flexibility index (Phi) is 3.91. The Morgan fingerprint density at radius 1 is 1.05 bits per heavy atom. The third-order valence-electron chi connectivity index (χ3n) is 2.69. The Morgan fingerprint density at radius 2 is 1.81 bits per heavy atom. The number of carboxylic acid groups (broad SMARTS) is 2. The maximum absolute atomic E-state index is 11.2. The average Bonchev–Trinajstić information content (AvgIpc) is 2.47. The minimum Gasteiger partial charge on any atom is -0.478 e. The number of rotatable bonds is 4. The van der Waals surface area contributed by atoms with Gasteiger partial charge in [-0.25, -0.2) is 9.59 Å². The number of ether oxygens (including phenoxy) is 1. The van der Waals surface area contributed by atoms with Gasteiger partial charge in [0.15, 0.2) is 0 Å². The molecule has 0 aromatic heterocycles. The normalized spacial score (nSPS) is 9.67. The number of aromatic carboxylic acids is 2. The highest BCUT2D eigenvalue weighted by Gasteiger charge is 2.15. The molecule has 0 saturated heterocycles. The molecule has 0 fully saturated rings. The quantitative estimate of drug-likeness (QED) is 0.842. The standard InChI is InChI=1S/C16H10O5/c1-2-10-4-3-5-12(8-10)21-14-7-6-11(15(17)18)9-13(14)16(19)20/h1,3-9H,(H,17,18)(H,19,20). The first kappa shape index (κ1) is 14.2. The third-order valence-corrected chi connectivity index (χ3v) is 2.69. The van der Waals surface area contributed by atoms with Gasteiger partial charge in [-0.3, -0.25) is 0 Å². The van der Waals surface area contributed by atoms with Crippen LogP contribution in [-0.2, 0) is 0 Å². The molecule has 5 heteroatoms. The molecule has 0 aliphatic heterocycles. The third kappa shape index (κ3) is 3.19. The Bertz CT molecular complexity index is 756. The molecule has 0 saturated carbocycles. The van der Waals surface area contributed by atoms with Gasteiger partial charge in [-0.05, 0) is 36.4 Å². The van der Waals surface area contributed by atoms with E-state index in [9.17, 15) is 9.59 Å². The van der Waals surface area contributed by atoms with Gasteiger partial charge in [0, 0.05) is 5.56 Å². The second-order valence-corrected chi connectivity index (χ2v) is 4.10. The van der Waals surface area contributed by atoms with E-state index in [0.717, 1.165) is 6.07 Å². The highest BCUT2D eigenvalue weighted by atomic mass is 16.5. The number of benzene rings is 2. The largest absolute Gasteiger partial charge is 0.478 e. The van der Waals surface area contributed by atoms with Crippen molar-refractivity contribution in [3.63, 3.8) is 0 Å². The molecule has 2 rings (SSSR count). The van der Waals surface area contributed by atoms with Gasteiger partial charge in [-0.2, -0.15) is 0 Å². The van der Waals surface area contributed by atoms with Crippen LogP contribution in [0.5, 0.6) is 11.5 Å². The summed E-state index contributed by atoms with van der Waals surface area (Å²) < 4.78 is 5.48. The maximum Gasteiger partial charge on any atom is 0.339 e. The van der Waals surface area contributed by atoms with E-state index in [2.05, 4.69) is 5.92 Å². The smallest absolute Gasteiger partial charge is 0.339 e. The lowest BCUT2D eigenvalue weighted by atomic mass is 10.1. The topological polar surface area (TPSA) is 83.8 Å². The van der Waals surface area contributed by atoms with E-state index in [4.69, 9.17) is 21.4 Å². The van der Waals surface area contributed by atoms with Gasteiger partial charge >= 0.3 is 11.9 Å². The van der Waals surface area contributed by atoms with E-state index in [-0.39, 0.29) is 16.9 Å². The van der Waals surface area contributed by atoms with Crippen molar-refractivity contribution in [3.8, 4) is 23.8 Å². The van der Waals surface area contributed by atoms with Crippen LogP contribution in [-0.4, -0.2) is 22.2 Å². The number of terminal acetylenes is 1. The Morgan fingerprint density at radius 3 is 2.43 bits per heavy atom. The van der Waals surface area contributed by atoms with Crippen LogP contribution in [0.1, 0.15) is 26.3 Å². The van der Waals surface area contributed by atoms with Crippen LogP contribution in [0.4, 0.5) is 0 Å². The van der Waals surface area contributed by atoms with Crippen LogP contribution in [0.3, 0.4) is 0 Å². The summed E-state index contributed by atoms with van der Waals surface area (Å²) in [5.41, 5.74) is 0.227. The van der Waals surface area contributed by atoms with Crippen molar-refractivity contribution >= 4 is 11.9 Å². The van der Waals surface area contributed by atoms with Crippen molar-refractivity contribution in [3.05, 3.63) is 59.2 Å². The van der Waals surface area contributed by atoms with Crippen molar-refractivity contribution in [1.29, 1.82) is 0 Å². The Labute approximate surface area is 120 Å². The summed E-state index contributed by atoms with van der Waals surface area (Å²) in [6, 6.07) is 10.2. The predicted molar refractivity (Wildman–Crippen MR) is 74.8 cm³/mol. The van der Waals surface area contributed by atoms with Gasteiger partial charge in [0.25, 0.3) is 0 Å².